The molecule has 4 aromatic rings. The first-order valence-electron chi connectivity index (χ1n) is 8.64. The van der Waals surface area contributed by atoms with Crippen molar-refractivity contribution in [3.05, 3.63) is 65.4 Å². The molecule has 29 heavy (non-hydrogen) atoms. The Morgan fingerprint density at radius 1 is 0.966 bits per heavy atom. The number of nitrogens with one attached hydrogen (secondary N) is 2. The minimum Gasteiger partial charge on any atom is -0.366 e. The lowest BCUT2D eigenvalue weighted by Gasteiger charge is -2.09. The van der Waals surface area contributed by atoms with Crippen LogP contribution in [0.5, 0.6) is 0 Å². The molecule has 0 spiro atoms. The summed E-state index contributed by atoms with van der Waals surface area (Å²) in [6.45, 7) is 0.412. The van der Waals surface area contributed by atoms with Crippen molar-refractivity contribution in [1.82, 2.24) is 25.4 Å². The lowest BCUT2D eigenvalue weighted by atomic mass is 10.1. The van der Waals surface area contributed by atoms with E-state index in [1.54, 1.807) is 18.2 Å². The van der Waals surface area contributed by atoms with Crippen molar-refractivity contribution in [2.24, 2.45) is 11.5 Å². The SMILES string of the molecule is NC(=O)c1nnc(-c2[nH]nc3c(C(N)=O)cccc23)nc1NCc1ccccc1. The third-order valence-electron chi connectivity index (χ3n) is 4.30. The van der Waals surface area contributed by atoms with Crippen LogP contribution in [0.2, 0.25) is 0 Å². The topological polar surface area (TPSA) is 166 Å². The van der Waals surface area contributed by atoms with Gasteiger partial charge >= 0.3 is 0 Å². The molecule has 2 aromatic carbocycles. The Labute approximate surface area is 164 Å². The first kappa shape index (κ1) is 18.0. The molecule has 0 bridgehead atoms. The Bertz CT molecular complexity index is 1220. The number of benzene rings is 2. The number of primary amides is 2. The number of hydrogen-bond acceptors (Lipinski definition) is 7. The molecule has 0 aliphatic rings. The molecule has 0 radical (unpaired) electrons. The van der Waals surface area contributed by atoms with Crippen LogP contribution in [0.15, 0.2) is 48.5 Å². The van der Waals surface area contributed by atoms with E-state index >= 15 is 0 Å². The summed E-state index contributed by atoms with van der Waals surface area (Å²) in [6, 6.07) is 14.6. The number of nitrogens with zero attached hydrogens (tertiary/aromatic N) is 4. The van der Waals surface area contributed by atoms with E-state index in [0.29, 0.717) is 23.1 Å². The summed E-state index contributed by atoms with van der Waals surface area (Å²) >= 11 is 0. The van der Waals surface area contributed by atoms with Gasteiger partial charge in [-0.2, -0.15) is 5.10 Å². The molecule has 6 N–H and O–H groups in total. The molecule has 0 unspecified atom stereocenters. The molecule has 10 heteroatoms. The van der Waals surface area contributed by atoms with Crippen LogP contribution >= 0.6 is 0 Å². The molecule has 2 heterocycles. The molecular formula is C19H16N8O2. The summed E-state index contributed by atoms with van der Waals surface area (Å²) in [5, 5.41) is 18.5. The van der Waals surface area contributed by atoms with Gasteiger partial charge < -0.3 is 16.8 Å². The second-order valence-corrected chi connectivity index (χ2v) is 6.20. The van der Waals surface area contributed by atoms with Crippen LogP contribution in [0.3, 0.4) is 0 Å². The Morgan fingerprint density at radius 3 is 2.48 bits per heavy atom. The van der Waals surface area contributed by atoms with E-state index in [1.807, 2.05) is 30.3 Å². The maximum absolute atomic E-state index is 11.7. The summed E-state index contributed by atoms with van der Waals surface area (Å²) in [4.78, 5) is 27.8. The van der Waals surface area contributed by atoms with Gasteiger partial charge in [-0.3, -0.25) is 14.7 Å². The number of para-hydroxylation sites is 1. The molecule has 10 nitrogen and oxygen atoms in total. The van der Waals surface area contributed by atoms with Gasteiger partial charge in [0.15, 0.2) is 11.5 Å². The van der Waals surface area contributed by atoms with Crippen LogP contribution in [-0.4, -0.2) is 37.2 Å². The van der Waals surface area contributed by atoms with E-state index in [-0.39, 0.29) is 22.9 Å². The number of fused-ring (bicyclic) bond motifs is 1. The highest BCUT2D eigenvalue weighted by molar-refractivity contribution is 6.07. The molecule has 144 valence electrons. The maximum Gasteiger partial charge on any atom is 0.273 e. The van der Waals surface area contributed by atoms with Crippen LogP contribution in [0.4, 0.5) is 5.82 Å². The maximum atomic E-state index is 11.7. The standard InChI is InChI=1S/C19H16N8O2/c20-16(28)12-8-4-7-11-13(12)24-25-14(11)19-23-18(15(17(21)29)26-27-19)22-9-10-5-2-1-3-6-10/h1-8H,9H2,(H2,20,28)(H2,21,29)(H,24,25)(H,22,23,27). The van der Waals surface area contributed by atoms with E-state index < -0.39 is 11.8 Å². The second kappa shape index (κ2) is 7.35. The van der Waals surface area contributed by atoms with Crippen molar-refractivity contribution in [3.63, 3.8) is 0 Å². The number of hydrogen-bond donors (Lipinski definition) is 4. The molecule has 2 amide bonds. The van der Waals surface area contributed by atoms with E-state index in [9.17, 15) is 9.59 Å². The van der Waals surface area contributed by atoms with Gasteiger partial charge in [0.25, 0.3) is 11.8 Å². The quantitative estimate of drug-likeness (QED) is 0.385. The van der Waals surface area contributed by atoms with Crippen molar-refractivity contribution in [1.29, 1.82) is 0 Å². The molecule has 0 saturated carbocycles. The van der Waals surface area contributed by atoms with Crippen molar-refractivity contribution < 1.29 is 9.59 Å². The minimum absolute atomic E-state index is 0.0775. The largest absolute Gasteiger partial charge is 0.366 e. The second-order valence-electron chi connectivity index (χ2n) is 6.20. The number of carbonyl (C=O) groups excluding carboxylic acids is 2. The zero-order valence-electron chi connectivity index (χ0n) is 15.1. The fraction of sp³-hybridized carbons (Fsp3) is 0.0526. The number of rotatable bonds is 6. The van der Waals surface area contributed by atoms with E-state index in [1.165, 1.54) is 0 Å². The molecule has 2 aromatic heterocycles. The van der Waals surface area contributed by atoms with Crippen molar-refractivity contribution in [2.75, 3.05) is 5.32 Å². The monoisotopic (exact) mass is 388 g/mol. The minimum atomic E-state index is -0.752. The molecule has 0 aliphatic heterocycles. The number of amides is 2. The number of nitrogens with two attached hydrogens (primary N) is 2. The number of carbonyl (C=O) groups is 2. The third kappa shape index (κ3) is 3.46. The highest BCUT2D eigenvalue weighted by atomic mass is 16.1. The lowest BCUT2D eigenvalue weighted by molar-refractivity contribution is 0.0989. The average molecular weight is 388 g/mol. The van der Waals surface area contributed by atoms with Gasteiger partial charge in [0.2, 0.25) is 5.82 Å². The summed E-state index contributed by atoms with van der Waals surface area (Å²) < 4.78 is 0. The number of aromatic amines is 1. The predicted molar refractivity (Wildman–Crippen MR) is 106 cm³/mol. The molecule has 0 saturated heterocycles. The van der Waals surface area contributed by atoms with Crippen molar-refractivity contribution in [3.8, 4) is 11.5 Å². The first-order chi connectivity index (χ1) is 14.0. The van der Waals surface area contributed by atoms with E-state index in [4.69, 9.17) is 11.5 Å². The summed E-state index contributed by atoms with van der Waals surface area (Å²) in [6.07, 6.45) is 0. The number of anilines is 1. The van der Waals surface area contributed by atoms with Crippen LogP contribution in [-0.2, 0) is 6.54 Å². The van der Waals surface area contributed by atoms with Gasteiger partial charge in [-0.1, -0.05) is 42.5 Å². The molecule has 0 aliphatic carbocycles. The summed E-state index contributed by atoms with van der Waals surface area (Å²) in [7, 11) is 0. The van der Waals surface area contributed by atoms with Crippen LogP contribution in [0, 0.1) is 0 Å². The molecule has 4 rings (SSSR count). The van der Waals surface area contributed by atoms with Crippen LogP contribution in [0.1, 0.15) is 26.4 Å². The third-order valence-corrected chi connectivity index (χ3v) is 4.30. The average Bonchev–Trinajstić information content (AvgIpc) is 3.16. The van der Waals surface area contributed by atoms with Gasteiger partial charge in [-0.25, -0.2) is 4.98 Å². The Balaban J connectivity index is 1.75. The van der Waals surface area contributed by atoms with Crippen molar-refractivity contribution in [2.45, 2.75) is 6.54 Å². The highest BCUT2D eigenvalue weighted by Gasteiger charge is 2.19. The van der Waals surface area contributed by atoms with Gasteiger partial charge in [0.05, 0.1) is 5.56 Å². The highest BCUT2D eigenvalue weighted by Crippen LogP contribution is 2.26. The number of H-pyrrole nitrogens is 1. The Kier molecular flexibility index (Phi) is 4.57. The lowest BCUT2D eigenvalue weighted by Crippen LogP contribution is -2.19. The molecular weight excluding hydrogens is 372 g/mol. The first-order valence-corrected chi connectivity index (χ1v) is 8.64. The summed E-state index contributed by atoms with van der Waals surface area (Å²) in [5.74, 6) is -0.963. The Morgan fingerprint density at radius 2 is 1.76 bits per heavy atom. The smallest absolute Gasteiger partial charge is 0.273 e. The van der Waals surface area contributed by atoms with Crippen molar-refractivity contribution >= 4 is 28.5 Å². The van der Waals surface area contributed by atoms with Gasteiger partial charge in [0.1, 0.15) is 11.2 Å². The number of aromatic nitrogens is 5. The normalized spacial score (nSPS) is 10.8. The van der Waals surface area contributed by atoms with Gasteiger partial charge in [-0.05, 0) is 11.6 Å². The fourth-order valence-corrected chi connectivity index (χ4v) is 2.91. The zero-order valence-corrected chi connectivity index (χ0v) is 15.1. The van der Waals surface area contributed by atoms with E-state index in [0.717, 1.165) is 5.56 Å². The van der Waals surface area contributed by atoms with Gasteiger partial charge in [-0.15, -0.1) is 10.2 Å². The Hall–Kier alpha value is -4.34. The zero-order chi connectivity index (χ0) is 20.4. The van der Waals surface area contributed by atoms with Crippen LogP contribution < -0.4 is 16.8 Å². The van der Waals surface area contributed by atoms with Crippen LogP contribution in [0.25, 0.3) is 22.4 Å². The predicted octanol–water partition coefficient (Wildman–Crippen LogP) is 1.22. The summed E-state index contributed by atoms with van der Waals surface area (Å²) in [5.41, 5.74) is 12.8. The van der Waals surface area contributed by atoms with E-state index in [2.05, 4.69) is 30.7 Å². The molecule has 0 fully saturated rings. The fourth-order valence-electron chi connectivity index (χ4n) is 2.91. The van der Waals surface area contributed by atoms with Gasteiger partial charge in [0, 0.05) is 11.9 Å². The molecule has 0 atom stereocenters.